The number of carbonyl (C=O) groups excluding carboxylic acids is 2. The van der Waals surface area contributed by atoms with Gasteiger partial charge in [0.05, 0.1) is 26.3 Å². The Hall–Kier alpha value is -3.02. The van der Waals surface area contributed by atoms with Crippen molar-refractivity contribution in [2.24, 2.45) is 0 Å². The molecule has 0 aliphatic carbocycles. The number of hydrogen-bond acceptors (Lipinski definition) is 5. The molecule has 1 aliphatic heterocycles. The molecule has 3 rings (SSSR count). The Morgan fingerprint density at radius 1 is 1.08 bits per heavy atom. The molecule has 1 saturated heterocycles. The van der Waals surface area contributed by atoms with Gasteiger partial charge < -0.3 is 14.8 Å². The third kappa shape index (κ3) is 3.15. The molecule has 25 heavy (non-hydrogen) atoms. The lowest BCUT2D eigenvalue weighted by Crippen LogP contribution is -2.35. The number of nitrogens with one attached hydrogen (secondary N) is 1. The molecule has 0 spiro atoms. The van der Waals surface area contributed by atoms with Crippen molar-refractivity contribution in [1.82, 2.24) is 0 Å². The average Bonchev–Trinajstić information content (AvgIpc) is 2.90. The van der Waals surface area contributed by atoms with Crippen molar-refractivity contribution in [3.63, 3.8) is 0 Å². The van der Waals surface area contributed by atoms with Crippen LogP contribution in [0.2, 0.25) is 0 Å². The Balaban J connectivity index is 1.88. The van der Waals surface area contributed by atoms with Gasteiger partial charge in [0.2, 0.25) is 5.91 Å². The van der Waals surface area contributed by atoms with E-state index < -0.39 is 6.04 Å². The van der Waals surface area contributed by atoms with Crippen LogP contribution < -0.4 is 19.7 Å². The van der Waals surface area contributed by atoms with Crippen LogP contribution in [0.1, 0.15) is 12.0 Å². The predicted octanol–water partition coefficient (Wildman–Crippen LogP) is 2.76. The number of hydrogen-bond donors (Lipinski definition) is 1. The molecule has 1 N–H and O–H groups in total. The van der Waals surface area contributed by atoms with E-state index >= 15 is 0 Å². The van der Waals surface area contributed by atoms with Crippen LogP contribution in [0.4, 0.5) is 11.4 Å². The summed E-state index contributed by atoms with van der Waals surface area (Å²) in [7, 11) is 3.04. The molecule has 0 saturated carbocycles. The number of benzene rings is 2. The second-order valence-corrected chi connectivity index (χ2v) is 5.82. The molecular weight excluding hydrogens is 320 g/mol. The second-order valence-electron chi connectivity index (χ2n) is 5.82. The van der Waals surface area contributed by atoms with E-state index in [4.69, 9.17) is 9.47 Å². The first-order valence-corrected chi connectivity index (χ1v) is 7.96. The maximum absolute atomic E-state index is 12.8. The number of carbonyl (C=O) groups is 2. The third-order valence-electron chi connectivity index (χ3n) is 4.25. The lowest BCUT2D eigenvalue weighted by molar-refractivity contribution is -0.121. The summed E-state index contributed by atoms with van der Waals surface area (Å²) in [6, 6.07) is 12.1. The number of nitrogens with zero attached hydrogens (tertiary/aromatic N) is 1. The van der Waals surface area contributed by atoms with Gasteiger partial charge in [-0.15, -0.1) is 0 Å². The Bertz CT molecular complexity index is 819. The van der Waals surface area contributed by atoms with Crippen molar-refractivity contribution in [1.29, 1.82) is 0 Å². The highest BCUT2D eigenvalue weighted by Crippen LogP contribution is 2.35. The predicted molar refractivity (Wildman–Crippen MR) is 95.2 cm³/mol. The highest BCUT2D eigenvalue weighted by molar-refractivity contribution is 6.23. The molecule has 2 aromatic rings. The van der Waals surface area contributed by atoms with E-state index in [2.05, 4.69) is 5.32 Å². The summed E-state index contributed by atoms with van der Waals surface area (Å²) >= 11 is 0. The van der Waals surface area contributed by atoms with Crippen molar-refractivity contribution in [3.8, 4) is 11.5 Å². The summed E-state index contributed by atoms with van der Waals surface area (Å²) in [5.41, 5.74) is 2.29. The number of methoxy groups -OCH3 is 2. The van der Waals surface area contributed by atoms with E-state index in [9.17, 15) is 9.59 Å². The highest BCUT2D eigenvalue weighted by atomic mass is 16.5. The smallest absolute Gasteiger partial charge is 0.256 e. The van der Waals surface area contributed by atoms with Crippen molar-refractivity contribution in [3.05, 3.63) is 48.0 Å². The van der Waals surface area contributed by atoms with Gasteiger partial charge in [0, 0.05) is 11.8 Å². The summed E-state index contributed by atoms with van der Waals surface area (Å²) in [4.78, 5) is 26.5. The minimum atomic E-state index is -0.597. The number of aryl methyl sites for hydroxylation is 1. The Kier molecular flexibility index (Phi) is 4.61. The van der Waals surface area contributed by atoms with Gasteiger partial charge in [-0.05, 0) is 30.7 Å². The fourth-order valence-electron chi connectivity index (χ4n) is 2.89. The third-order valence-corrected chi connectivity index (χ3v) is 4.25. The number of imide groups is 1. The monoisotopic (exact) mass is 340 g/mol. The van der Waals surface area contributed by atoms with Crippen LogP contribution in [-0.2, 0) is 9.59 Å². The molecule has 1 fully saturated rings. The van der Waals surface area contributed by atoms with Crippen molar-refractivity contribution < 1.29 is 19.1 Å². The lowest BCUT2D eigenvalue weighted by atomic mass is 10.1. The molecule has 1 aliphatic rings. The van der Waals surface area contributed by atoms with E-state index in [-0.39, 0.29) is 18.2 Å². The normalized spacial score (nSPS) is 16.9. The summed E-state index contributed by atoms with van der Waals surface area (Å²) < 4.78 is 10.5. The van der Waals surface area contributed by atoms with Crippen LogP contribution >= 0.6 is 0 Å². The van der Waals surface area contributed by atoms with Gasteiger partial charge in [0.1, 0.15) is 17.5 Å². The molecule has 0 aromatic heterocycles. The standard InChI is InChI=1S/C19H20N2O4/c1-12-6-4-5-7-14(12)20-15-11-18(22)21(19(15)23)16-9-8-13(24-2)10-17(16)25-3/h4-10,15,20H,11H2,1-3H3/t15-/m0/s1. The molecule has 0 bridgehead atoms. The zero-order chi connectivity index (χ0) is 18.0. The molecule has 0 unspecified atom stereocenters. The van der Waals surface area contributed by atoms with Gasteiger partial charge in [-0.25, -0.2) is 4.90 Å². The number of rotatable bonds is 5. The molecule has 1 atom stereocenters. The quantitative estimate of drug-likeness (QED) is 0.848. The zero-order valence-corrected chi connectivity index (χ0v) is 14.4. The molecule has 130 valence electrons. The van der Waals surface area contributed by atoms with Crippen LogP contribution in [0.15, 0.2) is 42.5 Å². The Morgan fingerprint density at radius 2 is 1.84 bits per heavy atom. The van der Waals surface area contributed by atoms with Gasteiger partial charge in [0.15, 0.2) is 0 Å². The van der Waals surface area contributed by atoms with Crippen molar-refractivity contribution in [2.45, 2.75) is 19.4 Å². The number of para-hydroxylation sites is 1. The molecule has 6 heteroatoms. The molecule has 6 nitrogen and oxygen atoms in total. The Morgan fingerprint density at radius 3 is 2.52 bits per heavy atom. The molecule has 0 radical (unpaired) electrons. The van der Waals surface area contributed by atoms with E-state index in [1.807, 2.05) is 31.2 Å². The fraction of sp³-hybridized carbons (Fsp3) is 0.263. The first-order valence-electron chi connectivity index (χ1n) is 7.96. The van der Waals surface area contributed by atoms with Gasteiger partial charge >= 0.3 is 0 Å². The summed E-state index contributed by atoms with van der Waals surface area (Å²) in [5, 5.41) is 3.17. The minimum Gasteiger partial charge on any atom is -0.497 e. The number of ether oxygens (including phenoxy) is 2. The fourth-order valence-corrected chi connectivity index (χ4v) is 2.89. The summed E-state index contributed by atoms with van der Waals surface area (Å²) in [6.07, 6.45) is 0.0996. The van der Waals surface area contributed by atoms with Crippen molar-refractivity contribution in [2.75, 3.05) is 24.4 Å². The topological polar surface area (TPSA) is 67.9 Å². The number of anilines is 2. The highest BCUT2D eigenvalue weighted by Gasteiger charge is 2.41. The largest absolute Gasteiger partial charge is 0.497 e. The molecule has 2 amide bonds. The van der Waals surface area contributed by atoms with Crippen LogP contribution in [0, 0.1) is 6.92 Å². The first-order chi connectivity index (χ1) is 12.0. The summed E-state index contributed by atoms with van der Waals surface area (Å²) in [5.74, 6) is 0.447. The van der Waals surface area contributed by atoms with E-state index in [1.54, 1.807) is 25.3 Å². The lowest BCUT2D eigenvalue weighted by Gasteiger charge is -2.19. The van der Waals surface area contributed by atoms with Crippen LogP contribution in [0.3, 0.4) is 0 Å². The minimum absolute atomic E-state index is 0.0996. The van der Waals surface area contributed by atoms with Gasteiger partial charge in [-0.3, -0.25) is 9.59 Å². The molecular formula is C19H20N2O4. The maximum Gasteiger partial charge on any atom is 0.256 e. The maximum atomic E-state index is 12.8. The summed E-state index contributed by atoms with van der Waals surface area (Å²) in [6.45, 7) is 1.95. The van der Waals surface area contributed by atoms with E-state index in [0.29, 0.717) is 17.2 Å². The van der Waals surface area contributed by atoms with Crippen LogP contribution in [0.25, 0.3) is 0 Å². The van der Waals surface area contributed by atoms with Crippen molar-refractivity contribution >= 4 is 23.2 Å². The van der Waals surface area contributed by atoms with Crippen LogP contribution in [-0.4, -0.2) is 32.1 Å². The molecule has 2 aromatic carbocycles. The van der Waals surface area contributed by atoms with Gasteiger partial charge in [-0.2, -0.15) is 0 Å². The molecule has 1 heterocycles. The average molecular weight is 340 g/mol. The zero-order valence-electron chi connectivity index (χ0n) is 14.4. The first kappa shape index (κ1) is 16.8. The van der Waals surface area contributed by atoms with Gasteiger partial charge in [-0.1, -0.05) is 18.2 Å². The van der Waals surface area contributed by atoms with Gasteiger partial charge in [0.25, 0.3) is 5.91 Å². The number of amides is 2. The van der Waals surface area contributed by atoms with E-state index in [1.165, 1.54) is 12.0 Å². The van der Waals surface area contributed by atoms with Crippen LogP contribution in [0.5, 0.6) is 11.5 Å². The second kappa shape index (κ2) is 6.84. The SMILES string of the molecule is COc1ccc(N2C(=O)C[C@H](Nc3ccccc3C)C2=O)c(OC)c1. The van der Waals surface area contributed by atoms with E-state index in [0.717, 1.165) is 11.3 Å². The Labute approximate surface area is 146 Å².